The van der Waals surface area contributed by atoms with Crippen LogP contribution < -0.4 is 5.32 Å². The zero-order chi connectivity index (χ0) is 23.7. The molecule has 2 aliphatic carbocycles. The van der Waals surface area contributed by atoms with Crippen LogP contribution in [0.2, 0.25) is 0 Å². The Labute approximate surface area is 201 Å². The maximum Gasteiger partial charge on any atom is 0.191 e. The molecule has 4 N–H and O–H groups in total. The molecule has 2 aromatic heterocycles. The third kappa shape index (κ3) is 4.63. The van der Waals surface area contributed by atoms with Gasteiger partial charge in [-0.2, -0.15) is 0 Å². The molecule has 10 nitrogen and oxygen atoms in total. The normalized spacial score (nSPS) is 28.5. The molecule has 182 valence electrons. The van der Waals surface area contributed by atoms with Gasteiger partial charge in [-0.3, -0.25) is 0 Å². The molecule has 0 saturated heterocycles. The monoisotopic (exact) mass is 486 g/mol. The SMILES string of the molecule is CCCSc1nc(N[C@@H]2C[C@H]2c2ccccc2)c2nnn([C@@H]3C[C@H](OCCO)[C@@H](O)[C@H]3O)c2n1. The Morgan fingerprint density at radius 1 is 1.15 bits per heavy atom. The van der Waals surface area contributed by atoms with Gasteiger partial charge in [0.15, 0.2) is 22.1 Å². The van der Waals surface area contributed by atoms with Gasteiger partial charge in [0.2, 0.25) is 0 Å². The highest BCUT2D eigenvalue weighted by molar-refractivity contribution is 7.99. The van der Waals surface area contributed by atoms with E-state index < -0.39 is 24.4 Å². The van der Waals surface area contributed by atoms with Crippen LogP contribution in [0, 0.1) is 0 Å². The summed E-state index contributed by atoms with van der Waals surface area (Å²) in [6.07, 6.45) is -0.428. The Balaban J connectivity index is 1.43. The van der Waals surface area contributed by atoms with Crippen LogP contribution in [-0.4, -0.2) is 83.6 Å². The van der Waals surface area contributed by atoms with Crippen LogP contribution >= 0.6 is 11.8 Å². The Kier molecular flexibility index (Phi) is 6.98. The Hall–Kier alpha value is -2.31. The molecule has 0 unspecified atom stereocenters. The fourth-order valence-electron chi connectivity index (χ4n) is 4.57. The predicted molar refractivity (Wildman–Crippen MR) is 128 cm³/mol. The quantitative estimate of drug-likeness (QED) is 0.248. The van der Waals surface area contributed by atoms with Gasteiger partial charge in [0.1, 0.15) is 12.2 Å². The molecule has 0 radical (unpaired) electrons. The summed E-state index contributed by atoms with van der Waals surface area (Å²) in [5.74, 6) is 1.94. The number of nitrogens with zero attached hydrogens (tertiary/aromatic N) is 5. The van der Waals surface area contributed by atoms with Gasteiger partial charge in [0.05, 0.1) is 25.4 Å². The molecule has 34 heavy (non-hydrogen) atoms. The number of aromatic nitrogens is 5. The second-order valence-corrected chi connectivity index (χ2v) is 9.89. The molecule has 2 saturated carbocycles. The van der Waals surface area contributed by atoms with E-state index in [1.165, 1.54) is 5.56 Å². The third-order valence-corrected chi connectivity index (χ3v) is 7.47. The summed E-state index contributed by atoms with van der Waals surface area (Å²) in [5, 5.41) is 43.0. The van der Waals surface area contributed by atoms with E-state index in [9.17, 15) is 10.2 Å². The van der Waals surface area contributed by atoms with Crippen LogP contribution in [0.4, 0.5) is 5.82 Å². The van der Waals surface area contributed by atoms with Crippen LogP contribution in [0.1, 0.15) is 43.7 Å². The summed E-state index contributed by atoms with van der Waals surface area (Å²) in [7, 11) is 0. The van der Waals surface area contributed by atoms with E-state index in [4.69, 9.17) is 19.8 Å². The zero-order valence-corrected chi connectivity index (χ0v) is 19.8. The molecule has 2 fully saturated rings. The Morgan fingerprint density at radius 3 is 2.74 bits per heavy atom. The van der Waals surface area contributed by atoms with E-state index in [1.54, 1.807) is 16.4 Å². The molecule has 6 atom stereocenters. The van der Waals surface area contributed by atoms with E-state index in [2.05, 4.69) is 46.8 Å². The highest BCUT2D eigenvalue weighted by atomic mass is 32.2. The minimum Gasteiger partial charge on any atom is -0.394 e. The summed E-state index contributed by atoms with van der Waals surface area (Å²) in [6, 6.07) is 10.1. The number of hydrogen-bond donors (Lipinski definition) is 4. The number of aliphatic hydroxyl groups is 3. The molecule has 0 aliphatic heterocycles. The number of benzene rings is 1. The molecule has 1 aromatic carbocycles. The van der Waals surface area contributed by atoms with Crippen molar-refractivity contribution in [2.75, 3.05) is 24.3 Å². The molecule has 5 rings (SSSR count). The maximum absolute atomic E-state index is 10.7. The first-order valence-electron chi connectivity index (χ1n) is 11.8. The number of fused-ring (bicyclic) bond motifs is 1. The minimum absolute atomic E-state index is 0.0945. The highest BCUT2D eigenvalue weighted by Gasteiger charge is 2.45. The van der Waals surface area contributed by atoms with Crippen molar-refractivity contribution in [1.29, 1.82) is 0 Å². The second-order valence-electron chi connectivity index (χ2n) is 8.83. The van der Waals surface area contributed by atoms with Crippen molar-refractivity contribution >= 4 is 28.7 Å². The van der Waals surface area contributed by atoms with Crippen molar-refractivity contribution < 1.29 is 20.1 Å². The van der Waals surface area contributed by atoms with E-state index >= 15 is 0 Å². The van der Waals surface area contributed by atoms with E-state index in [1.807, 2.05) is 6.07 Å². The predicted octanol–water partition coefficient (Wildman–Crippen LogP) is 1.74. The van der Waals surface area contributed by atoms with Crippen molar-refractivity contribution in [2.45, 2.75) is 67.7 Å². The van der Waals surface area contributed by atoms with Crippen LogP contribution in [0.15, 0.2) is 35.5 Å². The first-order valence-corrected chi connectivity index (χ1v) is 12.7. The van der Waals surface area contributed by atoms with Gasteiger partial charge in [-0.15, -0.1) is 5.10 Å². The fraction of sp³-hybridized carbons (Fsp3) is 0.565. The van der Waals surface area contributed by atoms with Gasteiger partial charge < -0.3 is 25.4 Å². The smallest absolute Gasteiger partial charge is 0.191 e. The third-order valence-electron chi connectivity index (χ3n) is 6.41. The van der Waals surface area contributed by atoms with Crippen molar-refractivity contribution in [1.82, 2.24) is 25.0 Å². The lowest BCUT2D eigenvalue weighted by Crippen LogP contribution is -2.33. The van der Waals surface area contributed by atoms with Gasteiger partial charge in [0.25, 0.3) is 0 Å². The van der Waals surface area contributed by atoms with E-state index in [-0.39, 0.29) is 19.3 Å². The summed E-state index contributed by atoms with van der Waals surface area (Å²) < 4.78 is 7.10. The number of hydrogen-bond acceptors (Lipinski definition) is 10. The number of thioether (sulfide) groups is 1. The summed E-state index contributed by atoms with van der Waals surface area (Å²) in [6.45, 7) is 2.05. The van der Waals surface area contributed by atoms with Gasteiger partial charge in [-0.05, 0) is 18.4 Å². The largest absolute Gasteiger partial charge is 0.394 e. The van der Waals surface area contributed by atoms with Gasteiger partial charge >= 0.3 is 0 Å². The lowest BCUT2D eigenvalue weighted by molar-refractivity contribution is -0.0629. The Bertz CT molecular complexity index is 1120. The second kappa shape index (κ2) is 10.1. The first kappa shape index (κ1) is 23.4. The molecule has 0 bridgehead atoms. The molecule has 0 amide bonds. The van der Waals surface area contributed by atoms with Crippen molar-refractivity contribution in [3.8, 4) is 0 Å². The topological polar surface area (TPSA) is 138 Å². The van der Waals surface area contributed by atoms with Gasteiger partial charge in [-0.1, -0.05) is 54.2 Å². The van der Waals surface area contributed by atoms with Crippen LogP contribution in [0.25, 0.3) is 11.2 Å². The first-order chi connectivity index (χ1) is 16.6. The standard InChI is InChI=1S/C23H30N6O4S/c1-2-10-34-23-25-21(24-15-11-14(15)13-6-4-3-5-7-13)18-22(26-23)29(28-27-18)16-12-17(33-9-8-30)20(32)19(16)31/h3-7,14-17,19-20,30-32H,2,8-12H2,1H3,(H,24,25,26)/t14-,15+,16+,17-,19-,20+/m0/s1. The molecule has 3 aromatic rings. The molecule has 11 heteroatoms. The summed E-state index contributed by atoms with van der Waals surface area (Å²) in [5.41, 5.74) is 2.36. The van der Waals surface area contributed by atoms with Crippen LogP contribution in [0.5, 0.6) is 0 Å². The highest BCUT2D eigenvalue weighted by Crippen LogP contribution is 2.43. The number of anilines is 1. The summed E-state index contributed by atoms with van der Waals surface area (Å²) >= 11 is 1.57. The zero-order valence-electron chi connectivity index (χ0n) is 19.0. The van der Waals surface area contributed by atoms with Crippen LogP contribution in [-0.2, 0) is 4.74 Å². The molecule has 2 heterocycles. The Morgan fingerprint density at radius 2 is 1.97 bits per heavy atom. The molecule has 0 spiro atoms. The minimum atomic E-state index is -1.09. The number of aliphatic hydroxyl groups excluding tert-OH is 3. The average molecular weight is 487 g/mol. The van der Waals surface area contributed by atoms with Gasteiger partial charge in [0, 0.05) is 24.1 Å². The van der Waals surface area contributed by atoms with E-state index in [0.29, 0.717) is 34.5 Å². The van der Waals surface area contributed by atoms with Crippen molar-refractivity contribution in [3.63, 3.8) is 0 Å². The summed E-state index contributed by atoms with van der Waals surface area (Å²) in [4.78, 5) is 9.44. The number of nitrogens with one attached hydrogen (secondary N) is 1. The molecule has 2 aliphatic rings. The number of ether oxygens (including phenoxy) is 1. The maximum atomic E-state index is 10.7. The average Bonchev–Trinajstić information content (AvgIpc) is 3.41. The van der Waals surface area contributed by atoms with E-state index in [0.717, 1.165) is 18.6 Å². The fourth-order valence-corrected chi connectivity index (χ4v) is 5.26. The lowest BCUT2D eigenvalue weighted by Gasteiger charge is -2.17. The number of rotatable bonds is 10. The van der Waals surface area contributed by atoms with Crippen molar-refractivity contribution in [3.05, 3.63) is 35.9 Å². The van der Waals surface area contributed by atoms with Crippen LogP contribution in [0.3, 0.4) is 0 Å². The van der Waals surface area contributed by atoms with Crippen molar-refractivity contribution in [2.24, 2.45) is 0 Å². The molecular formula is C23H30N6O4S. The molecular weight excluding hydrogens is 456 g/mol. The van der Waals surface area contributed by atoms with Gasteiger partial charge in [-0.25, -0.2) is 14.6 Å². The lowest BCUT2D eigenvalue weighted by atomic mass is 10.1.